The molecule has 2 nitrogen and oxygen atoms in total. The minimum atomic E-state index is 0. The van der Waals surface area contributed by atoms with E-state index in [-0.39, 0.29) is 41.0 Å². The van der Waals surface area contributed by atoms with Crippen LogP contribution in [0.3, 0.4) is 0 Å². The van der Waals surface area contributed by atoms with Crippen LogP contribution in [0.2, 0.25) is 0 Å². The quantitative estimate of drug-likeness (QED) is 0.333. The summed E-state index contributed by atoms with van der Waals surface area (Å²) in [6, 6.07) is 6.53. The third-order valence-corrected chi connectivity index (χ3v) is 3.08. The third kappa shape index (κ3) is 6.31. The fourth-order valence-electron chi connectivity index (χ4n) is 2.39. The predicted octanol–water partition coefficient (Wildman–Crippen LogP) is -3.94. The van der Waals surface area contributed by atoms with Gasteiger partial charge in [0.1, 0.15) is 13.6 Å². The largest absolute Gasteiger partial charge is 1.00 e. The number of halogens is 2. The van der Waals surface area contributed by atoms with Crippen molar-refractivity contribution in [2.45, 2.75) is 33.2 Å². The molecule has 0 N–H and O–H groups in total. The third-order valence-electron chi connectivity index (χ3n) is 3.08. The molecule has 0 radical (unpaired) electrons. The first-order chi connectivity index (χ1) is 8.63. The molecule has 0 amide bonds. The maximum Gasteiger partial charge on any atom is 0.171 e. The number of pyridine rings is 2. The molecule has 2 aromatic heterocycles. The van der Waals surface area contributed by atoms with Crippen LogP contribution in [0.25, 0.3) is 0 Å². The molecule has 2 heterocycles. The Kier molecular flexibility index (Phi) is 9.22. The fraction of sp³-hybridized carbons (Fsp3) is 0.375. The van der Waals surface area contributed by atoms with Gasteiger partial charge in [-0.25, -0.2) is 9.13 Å². The first-order valence-electron chi connectivity index (χ1n) is 6.55. The van der Waals surface area contributed by atoms with Crippen LogP contribution in [0.1, 0.15) is 23.1 Å². The maximum atomic E-state index is 2.30. The minimum absolute atomic E-state index is 0. The number of nitrogens with zero attached hydrogens (tertiary/aromatic N) is 2. The van der Waals surface area contributed by atoms with Gasteiger partial charge in [0.25, 0.3) is 0 Å². The van der Waals surface area contributed by atoms with Crippen LogP contribution in [-0.2, 0) is 20.0 Å². The maximum absolute atomic E-state index is 2.30. The van der Waals surface area contributed by atoms with E-state index in [2.05, 4.69) is 73.0 Å². The molecule has 110 valence electrons. The number of hydrogen-bond donors (Lipinski definition) is 0. The van der Waals surface area contributed by atoms with E-state index in [9.17, 15) is 0 Å². The number of aryl methyl sites for hydroxylation is 5. The van der Waals surface area contributed by atoms with Gasteiger partial charge >= 0.3 is 0 Å². The molecule has 0 unspecified atom stereocenters. The molecule has 2 rings (SSSR count). The molecule has 2 aromatic rings. The zero-order valence-electron chi connectivity index (χ0n) is 12.3. The van der Waals surface area contributed by atoms with Gasteiger partial charge in [-0.15, -0.1) is 0 Å². The minimum Gasteiger partial charge on any atom is -1.00 e. The predicted molar refractivity (Wildman–Crippen MR) is 72.1 cm³/mol. The topological polar surface area (TPSA) is 7.76 Å². The Labute approximate surface area is 149 Å². The van der Waals surface area contributed by atoms with Gasteiger partial charge in [0, 0.05) is 29.2 Å². The van der Waals surface area contributed by atoms with Crippen molar-refractivity contribution in [1.82, 2.24) is 0 Å². The fourth-order valence-corrected chi connectivity index (χ4v) is 2.39. The summed E-state index contributed by atoms with van der Waals surface area (Å²) in [6.45, 7) is 5.39. The molecular weight excluding hydrogens is 427 g/mol. The Hall–Kier alpha value is -0.490. The van der Waals surface area contributed by atoms with Crippen molar-refractivity contribution < 1.29 is 50.1 Å². The van der Waals surface area contributed by atoms with Gasteiger partial charge in [-0.1, -0.05) is 0 Å². The second kappa shape index (κ2) is 9.45. The molecule has 0 atom stereocenters. The molecule has 4 heteroatoms. The summed E-state index contributed by atoms with van der Waals surface area (Å²) in [4.78, 5) is 0. The molecule has 0 fully saturated rings. The molecule has 0 bridgehead atoms. The van der Waals surface area contributed by atoms with Crippen LogP contribution < -0.4 is 50.1 Å². The molecule has 0 aromatic carbocycles. The highest BCUT2D eigenvalue weighted by atomic mass is 127. The Bertz CT molecular complexity index is 524. The second-order valence-corrected chi connectivity index (χ2v) is 5.11. The van der Waals surface area contributed by atoms with Crippen LogP contribution in [0, 0.1) is 13.8 Å². The van der Waals surface area contributed by atoms with Gasteiger partial charge < -0.3 is 41.0 Å². The lowest BCUT2D eigenvalue weighted by molar-refractivity contribution is -0.698. The average molecular weight is 449 g/mol. The Morgan fingerprint density at radius 2 is 1.70 bits per heavy atom. The van der Waals surface area contributed by atoms with Gasteiger partial charge in [-0.05, 0) is 32.4 Å². The molecule has 0 aliphatic heterocycles. The van der Waals surface area contributed by atoms with Gasteiger partial charge in [0.05, 0.1) is 0 Å². The highest BCUT2D eigenvalue weighted by molar-refractivity contribution is 5.11. The lowest BCUT2D eigenvalue weighted by Crippen LogP contribution is -3.00. The smallest absolute Gasteiger partial charge is 0.171 e. The van der Waals surface area contributed by atoms with Gasteiger partial charge in [-0.2, -0.15) is 0 Å². The van der Waals surface area contributed by atoms with E-state index in [0.717, 1.165) is 13.0 Å². The van der Waals surface area contributed by atoms with Gasteiger partial charge in [0.15, 0.2) is 24.8 Å². The SMILES string of the molecule is Cc1cc(C)c[n+](CCCc2ccc[n+](C)c2)c1.[Br-].[I-]. The summed E-state index contributed by atoms with van der Waals surface area (Å²) < 4.78 is 4.41. The summed E-state index contributed by atoms with van der Waals surface area (Å²) in [6.07, 6.45) is 11.0. The van der Waals surface area contributed by atoms with Crippen molar-refractivity contribution in [3.8, 4) is 0 Å². The zero-order valence-corrected chi connectivity index (χ0v) is 16.1. The van der Waals surface area contributed by atoms with Crippen LogP contribution >= 0.6 is 0 Å². The van der Waals surface area contributed by atoms with Gasteiger partial charge in [-0.3, -0.25) is 0 Å². The summed E-state index contributed by atoms with van der Waals surface area (Å²) in [7, 11) is 2.07. The number of rotatable bonds is 4. The van der Waals surface area contributed by atoms with E-state index in [1.807, 2.05) is 0 Å². The van der Waals surface area contributed by atoms with Crippen molar-refractivity contribution in [2.24, 2.45) is 7.05 Å². The van der Waals surface area contributed by atoms with E-state index in [4.69, 9.17) is 0 Å². The molecular formula is C16H22BrIN2. The first-order valence-corrected chi connectivity index (χ1v) is 6.55. The first kappa shape index (κ1) is 19.5. The van der Waals surface area contributed by atoms with Crippen molar-refractivity contribution in [2.75, 3.05) is 0 Å². The van der Waals surface area contributed by atoms with E-state index < -0.39 is 0 Å². The lowest BCUT2D eigenvalue weighted by atomic mass is 10.1. The monoisotopic (exact) mass is 448 g/mol. The van der Waals surface area contributed by atoms with Crippen LogP contribution in [0.4, 0.5) is 0 Å². The van der Waals surface area contributed by atoms with Crippen molar-refractivity contribution in [1.29, 1.82) is 0 Å². The Morgan fingerprint density at radius 3 is 2.30 bits per heavy atom. The van der Waals surface area contributed by atoms with E-state index in [1.54, 1.807) is 0 Å². The van der Waals surface area contributed by atoms with Crippen LogP contribution in [0.15, 0.2) is 43.0 Å². The van der Waals surface area contributed by atoms with E-state index in [1.165, 1.54) is 23.1 Å². The van der Waals surface area contributed by atoms with E-state index >= 15 is 0 Å². The molecule has 0 saturated heterocycles. The highest BCUT2D eigenvalue weighted by Crippen LogP contribution is 2.01. The summed E-state index contributed by atoms with van der Waals surface area (Å²) in [5.74, 6) is 0. The zero-order chi connectivity index (χ0) is 13.0. The molecule has 0 aliphatic rings. The summed E-state index contributed by atoms with van der Waals surface area (Å²) in [5, 5.41) is 0. The molecule has 20 heavy (non-hydrogen) atoms. The Balaban J connectivity index is 0.00000180. The Morgan fingerprint density at radius 1 is 1.05 bits per heavy atom. The summed E-state index contributed by atoms with van der Waals surface area (Å²) in [5.41, 5.74) is 4.08. The standard InChI is InChI=1S/C16H22N2.BrH.HI/c1-14-10-15(2)12-18(11-14)9-5-7-16-6-4-8-17(3)13-16;;/h4,6,8,10-13H,5,7,9H2,1-3H3;2*1H/q+2;;/p-2. The van der Waals surface area contributed by atoms with Crippen LogP contribution in [0.5, 0.6) is 0 Å². The lowest BCUT2D eigenvalue weighted by Gasteiger charge is -2.00. The summed E-state index contributed by atoms with van der Waals surface area (Å²) >= 11 is 0. The van der Waals surface area contributed by atoms with Crippen LogP contribution in [-0.4, -0.2) is 0 Å². The number of hydrogen-bond acceptors (Lipinski definition) is 0. The van der Waals surface area contributed by atoms with Crippen molar-refractivity contribution >= 4 is 0 Å². The normalized spacial score (nSPS) is 9.55. The molecule has 0 spiro atoms. The highest BCUT2D eigenvalue weighted by Gasteiger charge is 2.04. The van der Waals surface area contributed by atoms with E-state index in [0.29, 0.717) is 0 Å². The number of aromatic nitrogens is 2. The molecule has 0 aliphatic carbocycles. The van der Waals surface area contributed by atoms with Crippen molar-refractivity contribution in [3.63, 3.8) is 0 Å². The molecule has 0 saturated carbocycles. The second-order valence-electron chi connectivity index (χ2n) is 5.11. The van der Waals surface area contributed by atoms with Gasteiger partial charge in [0.2, 0.25) is 0 Å². The van der Waals surface area contributed by atoms with Crippen molar-refractivity contribution in [3.05, 3.63) is 59.7 Å². The average Bonchev–Trinajstić information content (AvgIpc) is 2.27.